The van der Waals surface area contributed by atoms with E-state index in [4.69, 9.17) is 0 Å². The van der Waals surface area contributed by atoms with Gasteiger partial charge in [0.1, 0.15) is 0 Å². The number of carbonyl (C=O) groups excluding carboxylic acids is 2. The Kier molecular flexibility index (Phi) is 5.30. The van der Waals surface area contributed by atoms with Crippen LogP contribution < -0.4 is 5.32 Å². The van der Waals surface area contributed by atoms with Crippen molar-refractivity contribution in [1.29, 1.82) is 0 Å². The molecule has 1 aliphatic rings. The largest absolute Gasteiger partial charge is 0.318 e. The molecule has 3 heteroatoms. The topological polar surface area (TPSA) is 46.2 Å². The van der Waals surface area contributed by atoms with Gasteiger partial charge in [-0.3, -0.25) is 9.59 Å². The molecule has 4 aromatic carbocycles. The van der Waals surface area contributed by atoms with Crippen molar-refractivity contribution in [2.45, 2.75) is 0 Å². The number of fused-ring (bicyclic) bond motifs is 1. The molecule has 4 aromatic rings. The third-order valence-corrected chi connectivity index (χ3v) is 4.70. The number of hydrogen-bond acceptors (Lipinski definition) is 2. The highest BCUT2D eigenvalue weighted by Gasteiger charge is 2.26. The van der Waals surface area contributed by atoms with E-state index in [0.29, 0.717) is 11.3 Å². The van der Waals surface area contributed by atoms with Crippen molar-refractivity contribution in [3.8, 4) is 22.3 Å². The van der Waals surface area contributed by atoms with E-state index >= 15 is 0 Å². The van der Waals surface area contributed by atoms with Crippen molar-refractivity contribution in [2.24, 2.45) is 0 Å². The highest BCUT2D eigenvalue weighted by molar-refractivity contribution is 6.51. The smallest absolute Gasteiger partial charge is 0.296 e. The summed E-state index contributed by atoms with van der Waals surface area (Å²) < 4.78 is 0. The lowest BCUT2D eigenvalue weighted by Gasteiger charge is -2.05. The van der Waals surface area contributed by atoms with Gasteiger partial charge in [-0.05, 0) is 40.5 Å². The van der Waals surface area contributed by atoms with Crippen LogP contribution in [0.25, 0.3) is 22.3 Å². The first kappa shape index (κ1) is 18.4. The van der Waals surface area contributed by atoms with E-state index in [1.807, 2.05) is 12.1 Å². The molecule has 29 heavy (non-hydrogen) atoms. The van der Waals surface area contributed by atoms with Gasteiger partial charge in [-0.15, -0.1) is 0 Å². The Hall–Kier alpha value is -3.98. The molecule has 140 valence electrons. The van der Waals surface area contributed by atoms with Crippen LogP contribution in [0.5, 0.6) is 0 Å². The molecule has 1 N–H and O–H groups in total. The fourth-order valence-electron chi connectivity index (χ4n) is 3.23. The molecule has 5 rings (SSSR count). The van der Waals surface area contributed by atoms with E-state index in [-0.39, 0.29) is 0 Å². The Morgan fingerprint density at radius 2 is 0.966 bits per heavy atom. The number of nitrogens with one attached hydrogen (secondary N) is 1. The van der Waals surface area contributed by atoms with Crippen molar-refractivity contribution in [3.63, 3.8) is 0 Å². The van der Waals surface area contributed by atoms with E-state index in [2.05, 4.69) is 78.1 Å². The van der Waals surface area contributed by atoms with Crippen molar-refractivity contribution in [2.75, 3.05) is 5.32 Å². The zero-order valence-electron chi connectivity index (χ0n) is 15.7. The van der Waals surface area contributed by atoms with Crippen LogP contribution in [0.1, 0.15) is 10.4 Å². The Bertz CT molecular complexity index is 1100. The van der Waals surface area contributed by atoms with Gasteiger partial charge in [-0.2, -0.15) is 0 Å². The van der Waals surface area contributed by atoms with Crippen LogP contribution in [0.3, 0.4) is 0 Å². The van der Waals surface area contributed by atoms with Crippen molar-refractivity contribution in [3.05, 3.63) is 115 Å². The van der Waals surface area contributed by atoms with Gasteiger partial charge >= 0.3 is 0 Å². The Balaban J connectivity index is 0.000000159. The summed E-state index contributed by atoms with van der Waals surface area (Å²) in [4.78, 5) is 21.8. The van der Waals surface area contributed by atoms with Crippen LogP contribution in [0.15, 0.2) is 109 Å². The number of Topliss-reactive ketones (excluding diaryl/α,β-unsaturated/α-hetero) is 1. The number of carbonyl (C=O) groups is 2. The van der Waals surface area contributed by atoms with Gasteiger partial charge in [0.25, 0.3) is 11.7 Å². The van der Waals surface area contributed by atoms with Crippen LogP contribution in [0.2, 0.25) is 0 Å². The van der Waals surface area contributed by atoms with E-state index < -0.39 is 11.7 Å². The SMILES string of the molecule is O=C1Nc2ccccc2C1=O.c1ccc(-c2cccc(-c3ccccc3)c2)cc1. The molecular weight excluding hydrogens is 358 g/mol. The Morgan fingerprint density at radius 3 is 1.52 bits per heavy atom. The first-order valence-corrected chi connectivity index (χ1v) is 9.38. The van der Waals surface area contributed by atoms with Crippen LogP contribution in [0.4, 0.5) is 5.69 Å². The molecule has 1 amide bonds. The third kappa shape index (κ3) is 4.14. The molecule has 0 saturated carbocycles. The molecule has 0 aromatic heterocycles. The third-order valence-electron chi connectivity index (χ3n) is 4.70. The average molecular weight is 377 g/mol. The molecule has 0 unspecified atom stereocenters. The van der Waals surface area contributed by atoms with Gasteiger partial charge in [0.2, 0.25) is 0 Å². The lowest BCUT2D eigenvalue weighted by Crippen LogP contribution is -2.12. The maximum absolute atomic E-state index is 11.0. The second kappa shape index (κ2) is 8.36. The summed E-state index contributed by atoms with van der Waals surface area (Å²) in [5.41, 5.74) is 6.12. The number of para-hydroxylation sites is 1. The number of amides is 1. The molecule has 0 radical (unpaired) electrons. The first-order chi connectivity index (χ1) is 14.2. The molecule has 0 atom stereocenters. The zero-order chi connectivity index (χ0) is 20.1. The maximum atomic E-state index is 11.0. The molecule has 1 heterocycles. The summed E-state index contributed by atoms with van der Waals surface area (Å²) in [5, 5.41) is 2.46. The average Bonchev–Trinajstić information content (AvgIpc) is 3.09. The predicted molar refractivity (Wildman–Crippen MR) is 117 cm³/mol. The van der Waals surface area contributed by atoms with Crippen molar-refractivity contribution in [1.82, 2.24) is 0 Å². The summed E-state index contributed by atoms with van der Waals surface area (Å²) in [6, 6.07) is 36.5. The normalized spacial score (nSPS) is 11.9. The number of rotatable bonds is 2. The molecule has 0 spiro atoms. The standard InChI is InChI=1S/C18H14.C8H5NO2/c1-3-8-15(9-4-1)17-12-7-13-18(14-17)16-10-5-2-6-11-16;10-7-5-3-1-2-4-6(5)9-8(7)11/h1-14H;1-4H,(H,9,10,11). The molecule has 3 nitrogen and oxygen atoms in total. The van der Waals surface area contributed by atoms with E-state index in [1.165, 1.54) is 22.3 Å². The summed E-state index contributed by atoms with van der Waals surface area (Å²) in [7, 11) is 0. The second-order valence-corrected chi connectivity index (χ2v) is 6.64. The van der Waals surface area contributed by atoms with Crippen molar-refractivity contribution >= 4 is 17.4 Å². The molecular formula is C26H19NO2. The minimum atomic E-state index is -0.536. The lowest BCUT2D eigenvalue weighted by molar-refractivity contribution is -0.112. The highest BCUT2D eigenvalue weighted by Crippen LogP contribution is 2.26. The monoisotopic (exact) mass is 377 g/mol. The molecule has 0 fully saturated rings. The number of ketones is 1. The van der Waals surface area contributed by atoms with Gasteiger partial charge in [0.15, 0.2) is 0 Å². The summed E-state index contributed by atoms with van der Waals surface area (Å²) in [5.74, 6) is -0.980. The Morgan fingerprint density at radius 1 is 0.483 bits per heavy atom. The van der Waals surface area contributed by atoms with E-state index in [0.717, 1.165) is 0 Å². The van der Waals surface area contributed by atoms with Crippen LogP contribution in [0, 0.1) is 0 Å². The number of benzene rings is 4. The summed E-state index contributed by atoms with van der Waals surface area (Å²) in [6.45, 7) is 0. The van der Waals surface area contributed by atoms with Crippen LogP contribution in [-0.2, 0) is 4.79 Å². The van der Waals surface area contributed by atoms with Crippen LogP contribution >= 0.6 is 0 Å². The van der Waals surface area contributed by atoms with Crippen LogP contribution in [-0.4, -0.2) is 11.7 Å². The number of hydrogen-bond donors (Lipinski definition) is 1. The number of anilines is 1. The maximum Gasteiger partial charge on any atom is 0.296 e. The van der Waals surface area contributed by atoms with Gasteiger partial charge in [0, 0.05) is 0 Å². The van der Waals surface area contributed by atoms with E-state index in [9.17, 15) is 9.59 Å². The van der Waals surface area contributed by atoms with Crippen molar-refractivity contribution < 1.29 is 9.59 Å². The van der Waals surface area contributed by atoms with Gasteiger partial charge < -0.3 is 5.32 Å². The summed E-state index contributed by atoms with van der Waals surface area (Å²) in [6.07, 6.45) is 0. The minimum absolute atomic E-state index is 0.444. The fraction of sp³-hybridized carbons (Fsp3) is 0. The van der Waals surface area contributed by atoms with Gasteiger partial charge in [0.05, 0.1) is 11.3 Å². The minimum Gasteiger partial charge on any atom is -0.318 e. The van der Waals surface area contributed by atoms with Gasteiger partial charge in [-0.25, -0.2) is 0 Å². The van der Waals surface area contributed by atoms with E-state index in [1.54, 1.807) is 24.3 Å². The Labute approximate surface area is 169 Å². The molecule has 0 saturated heterocycles. The first-order valence-electron chi connectivity index (χ1n) is 9.38. The zero-order valence-corrected chi connectivity index (χ0v) is 15.7. The second-order valence-electron chi connectivity index (χ2n) is 6.64. The quantitative estimate of drug-likeness (QED) is 0.446. The predicted octanol–water partition coefficient (Wildman–Crippen LogP) is 5.84. The fourth-order valence-corrected chi connectivity index (χ4v) is 3.23. The molecule has 1 aliphatic heterocycles. The molecule has 0 aliphatic carbocycles. The molecule has 0 bridgehead atoms. The van der Waals surface area contributed by atoms with Gasteiger partial charge in [-0.1, -0.05) is 91.0 Å². The highest BCUT2D eigenvalue weighted by atomic mass is 16.2. The lowest BCUT2D eigenvalue weighted by atomic mass is 9.99. The summed E-state index contributed by atoms with van der Waals surface area (Å²) >= 11 is 0.